The molecule has 8 nitrogen and oxygen atoms in total. The molecular formula is C20H24F6N2O6. The van der Waals surface area contributed by atoms with Crippen molar-refractivity contribution >= 4 is 12.1 Å². The van der Waals surface area contributed by atoms with E-state index >= 15 is 0 Å². The maximum absolute atomic E-state index is 12.7. The number of ether oxygens (including phenoxy) is 3. The van der Waals surface area contributed by atoms with E-state index in [9.17, 15) is 41.0 Å². The van der Waals surface area contributed by atoms with E-state index in [1.54, 1.807) is 4.90 Å². The zero-order valence-electron chi connectivity index (χ0n) is 18.5. The van der Waals surface area contributed by atoms with Crippen LogP contribution >= 0.6 is 0 Å². The monoisotopic (exact) mass is 502 g/mol. The summed E-state index contributed by atoms with van der Waals surface area (Å²) in [7, 11) is 0. The number of hydrogen-bond donors (Lipinski definition) is 1. The Morgan fingerprint density at radius 1 is 0.971 bits per heavy atom. The molecule has 0 saturated carbocycles. The summed E-state index contributed by atoms with van der Waals surface area (Å²) < 4.78 is 89.6. The normalized spacial score (nSPS) is 16.7. The van der Waals surface area contributed by atoms with E-state index in [1.807, 2.05) is 0 Å². The first-order chi connectivity index (χ1) is 15.5. The number of benzene rings is 1. The maximum Gasteiger partial charge on any atom is 0.573 e. The van der Waals surface area contributed by atoms with Gasteiger partial charge in [-0.3, -0.25) is 4.90 Å². The lowest BCUT2D eigenvalue weighted by molar-refractivity contribution is -0.274. The van der Waals surface area contributed by atoms with Crippen molar-refractivity contribution in [3.05, 3.63) is 23.8 Å². The second-order valence-electron chi connectivity index (χ2n) is 8.11. The Morgan fingerprint density at radius 2 is 1.50 bits per heavy atom. The molecule has 0 radical (unpaired) electrons. The number of carbonyl (C=O) groups excluding carboxylic acids is 1. The molecule has 1 aromatic carbocycles. The molecule has 34 heavy (non-hydrogen) atoms. The summed E-state index contributed by atoms with van der Waals surface area (Å²) in [6, 6.07) is 3.39. The van der Waals surface area contributed by atoms with Gasteiger partial charge in [0.2, 0.25) is 0 Å². The molecule has 1 heterocycles. The molecule has 0 aromatic heterocycles. The van der Waals surface area contributed by atoms with Gasteiger partial charge in [0.05, 0.1) is 0 Å². The summed E-state index contributed by atoms with van der Waals surface area (Å²) in [6.07, 6.45) is -13.0. The molecular weight excluding hydrogens is 478 g/mol. The minimum absolute atomic E-state index is 0.0392. The van der Waals surface area contributed by atoms with Gasteiger partial charge >= 0.3 is 24.6 Å². The van der Waals surface area contributed by atoms with E-state index in [-0.39, 0.29) is 38.5 Å². The third-order valence-electron chi connectivity index (χ3n) is 4.84. The van der Waals surface area contributed by atoms with Gasteiger partial charge in [0.15, 0.2) is 11.7 Å². The molecule has 1 aliphatic heterocycles. The molecule has 1 amide bonds. The fourth-order valence-corrected chi connectivity index (χ4v) is 2.95. The fraction of sp³-hybridized carbons (Fsp3) is 0.600. The largest absolute Gasteiger partial charge is 0.573 e. The average Bonchev–Trinajstić information content (AvgIpc) is 2.65. The summed E-state index contributed by atoms with van der Waals surface area (Å²) in [5, 5.41) is 9.21. The van der Waals surface area contributed by atoms with E-state index in [0.29, 0.717) is 5.56 Å². The molecule has 0 aliphatic carbocycles. The fourth-order valence-electron chi connectivity index (χ4n) is 2.95. The van der Waals surface area contributed by atoms with Crippen LogP contribution in [0.3, 0.4) is 0 Å². The van der Waals surface area contributed by atoms with Crippen LogP contribution in [0.15, 0.2) is 18.2 Å². The number of carbonyl (C=O) groups is 2. The first-order valence-corrected chi connectivity index (χ1v) is 10.0. The number of hydrogen-bond acceptors (Lipinski definition) is 6. The van der Waals surface area contributed by atoms with E-state index in [0.717, 1.165) is 24.0 Å². The molecule has 2 rings (SSSR count). The Hall–Kier alpha value is -2.90. The zero-order chi connectivity index (χ0) is 25.9. The van der Waals surface area contributed by atoms with Gasteiger partial charge in [0.1, 0.15) is 11.5 Å². The zero-order valence-corrected chi connectivity index (χ0v) is 18.5. The summed E-state index contributed by atoms with van der Waals surface area (Å²) >= 11 is 0. The summed E-state index contributed by atoms with van der Waals surface area (Å²) in [5.41, 5.74) is -1.42. The first-order valence-electron chi connectivity index (χ1n) is 10.0. The van der Waals surface area contributed by atoms with Crippen LogP contribution in [-0.2, 0) is 16.1 Å². The molecule has 1 saturated heterocycles. The Balaban J connectivity index is 2.08. The van der Waals surface area contributed by atoms with Crippen LogP contribution in [-0.4, -0.2) is 77.4 Å². The number of amides is 1. The van der Waals surface area contributed by atoms with Crippen molar-refractivity contribution in [2.75, 3.05) is 26.2 Å². The number of piperazine rings is 1. The molecule has 1 N–H and O–H groups in total. The van der Waals surface area contributed by atoms with Gasteiger partial charge < -0.3 is 24.2 Å². The highest BCUT2D eigenvalue weighted by Crippen LogP contribution is 2.31. The highest BCUT2D eigenvalue weighted by Gasteiger charge is 2.40. The smallest absolute Gasteiger partial charge is 0.478 e. The number of rotatable bonds is 7. The van der Waals surface area contributed by atoms with Gasteiger partial charge in [-0.15, -0.1) is 13.2 Å². The average molecular weight is 502 g/mol. The van der Waals surface area contributed by atoms with Crippen molar-refractivity contribution in [3.63, 3.8) is 0 Å². The first kappa shape index (κ1) is 27.3. The minimum atomic E-state index is -4.99. The van der Waals surface area contributed by atoms with Crippen molar-refractivity contribution in [2.24, 2.45) is 0 Å². The second-order valence-corrected chi connectivity index (χ2v) is 8.11. The van der Waals surface area contributed by atoms with Gasteiger partial charge in [0.25, 0.3) is 0 Å². The van der Waals surface area contributed by atoms with E-state index in [2.05, 4.69) is 9.47 Å². The Labute approximate surface area is 191 Å². The minimum Gasteiger partial charge on any atom is -0.478 e. The lowest BCUT2D eigenvalue weighted by atomic mass is 10.1. The summed E-state index contributed by atoms with van der Waals surface area (Å²) in [6.45, 7) is 3.74. The van der Waals surface area contributed by atoms with Gasteiger partial charge in [0, 0.05) is 38.8 Å². The van der Waals surface area contributed by atoms with Crippen LogP contribution in [0, 0.1) is 0 Å². The van der Waals surface area contributed by atoms with Gasteiger partial charge in [-0.2, -0.15) is 13.2 Å². The molecule has 1 aromatic rings. The summed E-state index contributed by atoms with van der Waals surface area (Å²) in [5.74, 6) is -2.10. The van der Waals surface area contributed by atoms with E-state index in [1.165, 1.54) is 19.9 Å². The van der Waals surface area contributed by atoms with E-state index < -0.39 is 42.1 Å². The predicted molar refractivity (Wildman–Crippen MR) is 104 cm³/mol. The Kier molecular flexibility index (Phi) is 8.17. The molecule has 1 aliphatic rings. The summed E-state index contributed by atoms with van der Waals surface area (Å²) in [4.78, 5) is 26.1. The molecule has 0 spiro atoms. The third kappa shape index (κ3) is 8.15. The number of carboxylic acids is 1. The molecule has 1 atom stereocenters. The number of aliphatic carboxylic acids is 1. The van der Waals surface area contributed by atoms with Crippen molar-refractivity contribution < 1.29 is 55.2 Å². The topological polar surface area (TPSA) is 88.5 Å². The number of halogens is 6. The molecule has 0 bridgehead atoms. The molecule has 1 unspecified atom stereocenters. The van der Waals surface area contributed by atoms with Crippen molar-refractivity contribution in [3.8, 4) is 11.5 Å². The number of carboxylic acid groups (broad SMARTS) is 1. The molecule has 1 fully saturated rings. The van der Waals surface area contributed by atoms with Gasteiger partial charge in [-0.1, -0.05) is 0 Å². The Morgan fingerprint density at radius 3 is 1.97 bits per heavy atom. The second kappa shape index (κ2) is 10.2. The van der Waals surface area contributed by atoms with Crippen LogP contribution in [0.25, 0.3) is 0 Å². The number of alkyl halides is 6. The van der Waals surface area contributed by atoms with Crippen LogP contribution in [0.2, 0.25) is 0 Å². The third-order valence-corrected chi connectivity index (χ3v) is 4.84. The maximum atomic E-state index is 12.7. The standard InChI is InChI=1S/C20H24F6N2O6/c1-12(19(21,22)23)32-17(31)28-6-4-27(5-7-28)11-13-8-14(33-18(2,3)16(29)30)10-15(9-13)34-20(24,25)26/h8-10,12H,4-7,11H2,1-3H3,(H,29,30). The van der Waals surface area contributed by atoms with E-state index in [4.69, 9.17) is 4.74 Å². The highest BCUT2D eigenvalue weighted by atomic mass is 19.4. The predicted octanol–water partition coefficient (Wildman–Crippen LogP) is 4.03. The van der Waals surface area contributed by atoms with Crippen LogP contribution in [0.5, 0.6) is 11.5 Å². The molecule has 14 heteroatoms. The van der Waals surface area contributed by atoms with Crippen molar-refractivity contribution in [2.45, 2.75) is 51.6 Å². The van der Waals surface area contributed by atoms with Gasteiger partial charge in [-0.05, 0) is 38.5 Å². The van der Waals surface area contributed by atoms with Crippen molar-refractivity contribution in [1.82, 2.24) is 9.80 Å². The van der Waals surface area contributed by atoms with Crippen LogP contribution in [0.4, 0.5) is 31.1 Å². The quantitative estimate of drug-likeness (QED) is 0.564. The lowest BCUT2D eigenvalue weighted by Crippen LogP contribution is -2.49. The van der Waals surface area contributed by atoms with Crippen LogP contribution in [0.1, 0.15) is 26.3 Å². The van der Waals surface area contributed by atoms with Crippen molar-refractivity contribution in [1.29, 1.82) is 0 Å². The Bertz CT molecular complexity index is 881. The molecule has 192 valence electrons. The van der Waals surface area contributed by atoms with Gasteiger partial charge in [-0.25, -0.2) is 9.59 Å². The van der Waals surface area contributed by atoms with Crippen LogP contribution < -0.4 is 9.47 Å². The number of nitrogens with zero attached hydrogens (tertiary/aromatic N) is 2. The highest BCUT2D eigenvalue weighted by molar-refractivity contribution is 5.76. The SMILES string of the molecule is CC(OC(=O)N1CCN(Cc2cc(OC(F)(F)F)cc(OC(C)(C)C(=O)O)c2)CC1)C(F)(F)F. The lowest BCUT2D eigenvalue weighted by Gasteiger charge is -2.34.